The molecular formula is C12H25N3O. The fourth-order valence-electron chi connectivity index (χ4n) is 2.13. The molecule has 1 fully saturated rings. The zero-order valence-corrected chi connectivity index (χ0v) is 10.7. The summed E-state index contributed by atoms with van der Waals surface area (Å²) < 4.78 is 0. The van der Waals surface area contributed by atoms with Gasteiger partial charge in [-0.3, -0.25) is 4.79 Å². The first-order valence-corrected chi connectivity index (χ1v) is 6.23. The number of rotatable bonds is 7. The first-order valence-electron chi connectivity index (χ1n) is 6.23. The van der Waals surface area contributed by atoms with Crippen LogP contribution in [0.1, 0.15) is 33.1 Å². The molecule has 0 heterocycles. The van der Waals surface area contributed by atoms with Crippen molar-refractivity contribution in [3.63, 3.8) is 0 Å². The largest absolute Gasteiger partial charge is 0.368 e. The summed E-state index contributed by atoms with van der Waals surface area (Å²) in [5, 5.41) is 3.20. The van der Waals surface area contributed by atoms with Crippen molar-refractivity contribution in [2.75, 3.05) is 20.1 Å². The average Bonchev–Trinajstić information content (AvgIpc) is 2.09. The van der Waals surface area contributed by atoms with Crippen LogP contribution in [-0.4, -0.2) is 43.0 Å². The second-order valence-electron chi connectivity index (χ2n) is 5.29. The smallest absolute Gasteiger partial charge is 0.235 e. The topological polar surface area (TPSA) is 58.4 Å². The van der Waals surface area contributed by atoms with Crippen molar-refractivity contribution < 1.29 is 4.79 Å². The molecule has 1 rings (SSSR count). The van der Waals surface area contributed by atoms with Crippen molar-refractivity contribution in [2.24, 2.45) is 11.7 Å². The van der Waals surface area contributed by atoms with E-state index in [-0.39, 0.29) is 18.0 Å². The Labute approximate surface area is 98.6 Å². The number of carbonyl (C=O) groups is 1. The normalized spacial score (nSPS) is 18.8. The van der Waals surface area contributed by atoms with Crippen LogP contribution >= 0.6 is 0 Å². The highest BCUT2D eigenvalue weighted by Crippen LogP contribution is 2.26. The molecule has 0 aromatic carbocycles. The summed E-state index contributed by atoms with van der Waals surface area (Å²) in [6.07, 6.45) is 4.04. The lowest BCUT2D eigenvalue weighted by Gasteiger charge is -2.32. The highest BCUT2D eigenvalue weighted by Gasteiger charge is 2.22. The molecule has 1 saturated carbocycles. The lowest BCUT2D eigenvalue weighted by atomic mass is 9.85. The van der Waals surface area contributed by atoms with Gasteiger partial charge in [0, 0.05) is 19.1 Å². The number of amides is 1. The third kappa shape index (κ3) is 4.49. The van der Waals surface area contributed by atoms with Crippen molar-refractivity contribution in [1.29, 1.82) is 0 Å². The van der Waals surface area contributed by atoms with E-state index < -0.39 is 0 Å². The maximum Gasteiger partial charge on any atom is 0.235 e. The summed E-state index contributed by atoms with van der Waals surface area (Å²) >= 11 is 0. The molecule has 0 bridgehead atoms. The third-order valence-electron chi connectivity index (χ3n) is 3.17. The van der Waals surface area contributed by atoms with Gasteiger partial charge in [-0.25, -0.2) is 0 Å². The standard InChI is InChI=1S/C12H25N3O/c1-9(2)14-11(12(13)16)8-15(3)7-10-5-4-6-10/h9-11,14H,4-8H2,1-3H3,(H2,13,16). The van der Waals surface area contributed by atoms with Crippen molar-refractivity contribution in [3.05, 3.63) is 0 Å². The summed E-state index contributed by atoms with van der Waals surface area (Å²) in [4.78, 5) is 13.5. The molecular weight excluding hydrogens is 202 g/mol. The molecule has 4 heteroatoms. The van der Waals surface area contributed by atoms with Crippen LogP contribution < -0.4 is 11.1 Å². The number of hydrogen-bond donors (Lipinski definition) is 2. The van der Waals surface area contributed by atoms with E-state index in [9.17, 15) is 4.79 Å². The molecule has 3 N–H and O–H groups in total. The molecule has 0 aliphatic heterocycles. The van der Waals surface area contributed by atoms with Gasteiger partial charge in [-0.15, -0.1) is 0 Å². The Morgan fingerprint density at radius 3 is 2.50 bits per heavy atom. The Hall–Kier alpha value is -0.610. The molecule has 0 spiro atoms. The number of likely N-dealkylation sites (N-methyl/N-ethyl adjacent to an activating group) is 1. The van der Waals surface area contributed by atoms with Gasteiger partial charge >= 0.3 is 0 Å². The van der Waals surface area contributed by atoms with E-state index in [1.165, 1.54) is 19.3 Å². The summed E-state index contributed by atoms with van der Waals surface area (Å²) in [6, 6.07) is 0.0553. The van der Waals surface area contributed by atoms with Gasteiger partial charge in [-0.2, -0.15) is 0 Å². The van der Waals surface area contributed by atoms with Gasteiger partial charge in [0.25, 0.3) is 0 Å². The molecule has 0 radical (unpaired) electrons. The zero-order valence-electron chi connectivity index (χ0n) is 10.7. The molecule has 1 atom stereocenters. The maximum absolute atomic E-state index is 11.3. The summed E-state index contributed by atoms with van der Waals surface area (Å²) in [7, 11) is 2.07. The number of hydrogen-bond acceptors (Lipinski definition) is 3. The predicted octanol–water partition coefficient (Wildman–Crippen LogP) is 0.570. The van der Waals surface area contributed by atoms with Crippen LogP contribution in [0.2, 0.25) is 0 Å². The van der Waals surface area contributed by atoms with E-state index in [4.69, 9.17) is 5.73 Å². The Morgan fingerprint density at radius 2 is 2.12 bits per heavy atom. The molecule has 1 amide bonds. The molecule has 16 heavy (non-hydrogen) atoms. The quantitative estimate of drug-likeness (QED) is 0.668. The van der Waals surface area contributed by atoms with Crippen LogP contribution in [0.4, 0.5) is 0 Å². The highest BCUT2D eigenvalue weighted by molar-refractivity contribution is 5.80. The number of primary amides is 1. The number of nitrogens with two attached hydrogens (primary N) is 1. The predicted molar refractivity (Wildman–Crippen MR) is 66.1 cm³/mol. The number of carbonyl (C=O) groups excluding carboxylic acids is 1. The fraction of sp³-hybridized carbons (Fsp3) is 0.917. The van der Waals surface area contributed by atoms with Crippen molar-refractivity contribution in [1.82, 2.24) is 10.2 Å². The van der Waals surface area contributed by atoms with E-state index in [2.05, 4.69) is 17.3 Å². The Kier molecular flexibility index (Phi) is 5.22. The number of nitrogens with zero attached hydrogens (tertiary/aromatic N) is 1. The van der Waals surface area contributed by atoms with Gasteiger partial charge in [-0.05, 0) is 25.8 Å². The zero-order chi connectivity index (χ0) is 12.1. The van der Waals surface area contributed by atoms with Crippen LogP contribution in [0.3, 0.4) is 0 Å². The second kappa shape index (κ2) is 6.21. The summed E-state index contributed by atoms with van der Waals surface area (Å²) in [5.41, 5.74) is 5.38. The molecule has 0 aromatic heterocycles. The van der Waals surface area contributed by atoms with E-state index in [0.717, 1.165) is 12.5 Å². The highest BCUT2D eigenvalue weighted by atomic mass is 16.1. The van der Waals surface area contributed by atoms with Gasteiger partial charge in [0.15, 0.2) is 0 Å². The van der Waals surface area contributed by atoms with Crippen LogP contribution in [0, 0.1) is 5.92 Å². The minimum Gasteiger partial charge on any atom is -0.368 e. The summed E-state index contributed by atoms with van der Waals surface area (Å²) in [6.45, 7) is 5.86. The van der Waals surface area contributed by atoms with Gasteiger partial charge in [0.1, 0.15) is 0 Å². The van der Waals surface area contributed by atoms with Crippen LogP contribution in [0.5, 0.6) is 0 Å². The van der Waals surface area contributed by atoms with Crippen molar-refractivity contribution in [3.8, 4) is 0 Å². The van der Waals surface area contributed by atoms with E-state index in [1.54, 1.807) is 0 Å². The first-order chi connectivity index (χ1) is 7.49. The van der Waals surface area contributed by atoms with Gasteiger partial charge in [0.2, 0.25) is 5.91 Å². The fourth-order valence-corrected chi connectivity index (χ4v) is 2.13. The summed E-state index contributed by atoms with van der Waals surface area (Å²) in [5.74, 6) is 0.576. The van der Waals surface area contributed by atoms with E-state index in [1.807, 2.05) is 13.8 Å². The average molecular weight is 227 g/mol. The Bertz CT molecular complexity index is 226. The molecule has 1 aliphatic rings. The SMILES string of the molecule is CC(C)NC(CN(C)CC1CCC1)C(N)=O. The Morgan fingerprint density at radius 1 is 1.50 bits per heavy atom. The minimum atomic E-state index is -0.255. The first kappa shape index (κ1) is 13.5. The molecule has 94 valence electrons. The molecule has 0 saturated heterocycles. The van der Waals surface area contributed by atoms with E-state index in [0.29, 0.717) is 6.54 Å². The van der Waals surface area contributed by atoms with Crippen LogP contribution in [0.25, 0.3) is 0 Å². The van der Waals surface area contributed by atoms with E-state index >= 15 is 0 Å². The minimum absolute atomic E-state index is 0.231. The number of nitrogens with one attached hydrogen (secondary N) is 1. The molecule has 4 nitrogen and oxygen atoms in total. The molecule has 1 unspecified atom stereocenters. The molecule has 0 aromatic rings. The Balaban J connectivity index is 2.31. The lowest BCUT2D eigenvalue weighted by molar-refractivity contribution is -0.120. The van der Waals surface area contributed by atoms with Crippen LogP contribution in [-0.2, 0) is 4.79 Å². The van der Waals surface area contributed by atoms with Crippen LogP contribution in [0.15, 0.2) is 0 Å². The van der Waals surface area contributed by atoms with Crippen molar-refractivity contribution >= 4 is 5.91 Å². The van der Waals surface area contributed by atoms with Crippen molar-refractivity contribution in [2.45, 2.75) is 45.2 Å². The van der Waals surface area contributed by atoms with Gasteiger partial charge in [0.05, 0.1) is 6.04 Å². The van der Waals surface area contributed by atoms with Gasteiger partial charge < -0.3 is 16.0 Å². The maximum atomic E-state index is 11.3. The second-order valence-corrected chi connectivity index (χ2v) is 5.29. The lowest BCUT2D eigenvalue weighted by Crippen LogP contribution is -2.51. The monoisotopic (exact) mass is 227 g/mol. The third-order valence-corrected chi connectivity index (χ3v) is 3.17. The molecule has 1 aliphatic carbocycles. The van der Waals surface area contributed by atoms with Gasteiger partial charge in [-0.1, -0.05) is 20.3 Å².